The Bertz CT molecular complexity index is 736. The molecule has 0 aliphatic rings. The van der Waals surface area contributed by atoms with Gasteiger partial charge in [0, 0.05) is 18.8 Å². The molecule has 1 aromatic heterocycles. The van der Waals surface area contributed by atoms with Crippen LogP contribution in [0.25, 0.3) is 10.6 Å². The van der Waals surface area contributed by atoms with Crippen molar-refractivity contribution < 1.29 is 9.59 Å². The Hall–Kier alpha value is -2.23. The van der Waals surface area contributed by atoms with Crippen LogP contribution < -0.4 is 5.32 Å². The molecule has 5 nitrogen and oxygen atoms in total. The Morgan fingerprint density at radius 2 is 2.14 bits per heavy atom. The fourth-order valence-electron chi connectivity index (χ4n) is 1.67. The fourth-order valence-corrected chi connectivity index (χ4v) is 2.88. The molecule has 1 heterocycles. The number of Topliss-reactive ketones (excluding diaryl/α,β-unsaturated/α-hetero) is 1. The zero-order chi connectivity index (χ0) is 15.4. The third-order valence-electron chi connectivity index (χ3n) is 2.75. The summed E-state index contributed by atoms with van der Waals surface area (Å²) in [6.45, 7) is 0. The van der Waals surface area contributed by atoms with Gasteiger partial charge in [-0.25, -0.2) is 4.98 Å². The lowest BCUT2D eigenvalue weighted by Crippen LogP contribution is -2.31. The van der Waals surface area contributed by atoms with Gasteiger partial charge >= 0.3 is 0 Å². The zero-order valence-corrected chi connectivity index (χ0v) is 12.5. The van der Waals surface area contributed by atoms with Gasteiger partial charge in [0.2, 0.25) is 11.7 Å². The Labute approximate surface area is 130 Å². The maximum Gasteiger partial charge on any atom is 0.245 e. The quantitative estimate of drug-likeness (QED) is 0.693. The number of amides is 1. The van der Waals surface area contributed by atoms with E-state index in [0.717, 1.165) is 11.3 Å². The molecule has 0 spiro atoms. The number of ketones is 1. The highest BCUT2D eigenvalue weighted by atomic mass is 35.5. The molecule has 2 aromatic rings. The van der Waals surface area contributed by atoms with Crippen LogP contribution in [0.5, 0.6) is 0 Å². The van der Waals surface area contributed by atoms with Crippen LogP contribution in [-0.4, -0.2) is 23.7 Å². The topological polar surface area (TPSA) is 82.9 Å². The van der Waals surface area contributed by atoms with E-state index in [1.165, 1.54) is 13.2 Å². The zero-order valence-electron chi connectivity index (χ0n) is 11.0. The number of hydrogen-bond donors (Lipinski definition) is 1. The molecule has 21 heavy (non-hydrogen) atoms. The summed E-state index contributed by atoms with van der Waals surface area (Å²) in [4.78, 5) is 28.0. The van der Waals surface area contributed by atoms with Crippen LogP contribution >= 0.6 is 22.9 Å². The predicted molar refractivity (Wildman–Crippen MR) is 80.1 cm³/mol. The van der Waals surface area contributed by atoms with Gasteiger partial charge in [-0.1, -0.05) is 29.8 Å². The number of halogens is 1. The highest BCUT2D eigenvalue weighted by Gasteiger charge is 2.28. The second-order valence-electron chi connectivity index (χ2n) is 4.05. The molecule has 0 aliphatic heterocycles. The molecule has 0 aliphatic carbocycles. The molecule has 0 fully saturated rings. The highest BCUT2D eigenvalue weighted by Crippen LogP contribution is 2.31. The van der Waals surface area contributed by atoms with Crippen molar-refractivity contribution >= 4 is 34.6 Å². The summed E-state index contributed by atoms with van der Waals surface area (Å²) >= 11 is 7.18. The average Bonchev–Trinajstić information content (AvgIpc) is 2.97. The fraction of sp³-hybridized carbons (Fsp3) is 0.143. The Morgan fingerprint density at radius 1 is 1.43 bits per heavy atom. The smallest absolute Gasteiger partial charge is 0.245 e. The first kappa shape index (κ1) is 15.2. The van der Waals surface area contributed by atoms with Crippen LogP contribution in [0.3, 0.4) is 0 Å². The van der Waals surface area contributed by atoms with E-state index >= 15 is 0 Å². The van der Waals surface area contributed by atoms with Crippen molar-refractivity contribution in [2.45, 2.75) is 0 Å². The van der Waals surface area contributed by atoms with Crippen molar-refractivity contribution in [3.8, 4) is 16.6 Å². The molecule has 2 rings (SSSR count). The van der Waals surface area contributed by atoms with E-state index in [1.54, 1.807) is 24.3 Å². The van der Waals surface area contributed by atoms with Crippen LogP contribution in [0.4, 0.5) is 0 Å². The molecule has 1 aromatic carbocycles. The lowest BCUT2D eigenvalue weighted by Gasteiger charge is -2.03. The molecule has 0 radical (unpaired) electrons. The normalized spacial score (nSPS) is 11.5. The average molecular weight is 320 g/mol. The predicted octanol–water partition coefficient (Wildman–Crippen LogP) is 2.53. The highest BCUT2D eigenvalue weighted by molar-refractivity contribution is 7.17. The molecule has 0 saturated carbocycles. The Balaban J connectivity index is 2.32. The van der Waals surface area contributed by atoms with E-state index in [-0.39, 0.29) is 4.88 Å². The molecule has 1 N–H and O–H groups in total. The molecule has 7 heteroatoms. The molecule has 0 unspecified atom stereocenters. The summed E-state index contributed by atoms with van der Waals surface area (Å²) in [7, 11) is 1.38. The number of nitriles is 1. The standard InChI is InChI=1S/C14H10ClN3O2S/c1-17-13(20)9(6-16)12(19)11-7-18-14(21-11)8-4-2-3-5-10(8)15/h2-5,7,9H,1H3,(H,17,20)/t9-/m0/s1. The molecule has 1 atom stereocenters. The minimum absolute atomic E-state index is 0.250. The van der Waals surface area contributed by atoms with Crippen LogP contribution in [0.2, 0.25) is 5.02 Å². The summed E-state index contributed by atoms with van der Waals surface area (Å²) < 4.78 is 0. The number of carbonyl (C=O) groups is 2. The van der Waals surface area contributed by atoms with Gasteiger partial charge in [0.1, 0.15) is 5.01 Å². The summed E-state index contributed by atoms with van der Waals surface area (Å²) in [6, 6.07) is 8.82. The summed E-state index contributed by atoms with van der Waals surface area (Å²) in [5.74, 6) is -2.56. The van der Waals surface area contributed by atoms with Crippen molar-refractivity contribution in [3.05, 3.63) is 40.4 Å². The van der Waals surface area contributed by atoms with Crippen molar-refractivity contribution in [1.82, 2.24) is 10.3 Å². The van der Waals surface area contributed by atoms with E-state index in [4.69, 9.17) is 16.9 Å². The lowest BCUT2D eigenvalue weighted by atomic mass is 10.0. The number of thiazole rings is 1. The van der Waals surface area contributed by atoms with E-state index in [0.29, 0.717) is 15.6 Å². The number of aromatic nitrogens is 1. The molecule has 106 valence electrons. The number of nitrogens with one attached hydrogen (secondary N) is 1. The number of rotatable bonds is 4. The SMILES string of the molecule is CNC(=O)[C@@H](C#N)C(=O)c1cnc(-c2ccccc2Cl)s1. The maximum atomic E-state index is 12.2. The molecular weight excluding hydrogens is 310 g/mol. The third-order valence-corrected chi connectivity index (χ3v) is 4.13. The van der Waals surface area contributed by atoms with Crippen LogP contribution in [0.1, 0.15) is 9.67 Å². The van der Waals surface area contributed by atoms with E-state index < -0.39 is 17.6 Å². The maximum absolute atomic E-state index is 12.2. The van der Waals surface area contributed by atoms with Gasteiger partial charge in [0.15, 0.2) is 5.92 Å². The number of carbonyl (C=O) groups excluding carboxylic acids is 2. The van der Waals surface area contributed by atoms with Crippen LogP contribution in [-0.2, 0) is 4.79 Å². The van der Waals surface area contributed by atoms with Crippen LogP contribution in [0.15, 0.2) is 30.5 Å². The lowest BCUT2D eigenvalue weighted by molar-refractivity contribution is -0.121. The van der Waals surface area contributed by atoms with Crippen molar-refractivity contribution in [3.63, 3.8) is 0 Å². The van der Waals surface area contributed by atoms with Gasteiger partial charge in [0.05, 0.1) is 16.0 Å². The van der Waals surface area contributed by atoms with Gasteiger partial charge in [0.25, 0.3) is 0 Å². The number of hydrogen-bond acceptors (Lipinski definition) is 5. The molecule has 0 bridgehead atoms. The first-order valence-electron chi connectivity index (χ1n) is 5.94. The summed E-state index contributed by atoms with van der Waals surface area (Å²) in [5.41, 5.74) is 0.705. The Morgan fingerprint density at radius 3 is 2.76 bits per heavy atom. The number of benzene rings is 1. The van der Waals surface area contributed by atoms with Gasteiger partial charge in [-0.15, -0.1) is 11.3 Å². The monoisotopic (exact) mass is 319 g/mol. The van der Waals surface area contributed by atoms with Crippen molar-refractivity contribution in [2.24, 2.45) is 5.92 Å². The van der Waals surface area contributed by atoms with Crippen LogP contribution in [0, 0.1) is 17.2 Å². The summed E-state index contributed by atoms with van der Waals surface area (Å²) in [5, 5.41) is 12.3. The molecular formula is C14H10ClN3O2S. The molecule has 0 saturated heterocycles. The minimum atomic E-state index is -1.37. The molecule has 1 amide bonds. The van der Waals surface area contributed by atoms with Gasteiger partial charge in [-0.05, 0) is 6.07 Å². The minimum Gasteiger partial charge on any atom is -0.358 e. The second kappa shape index (κ2) is 6.48. The number of nitrogens with zero attached hydrogens (tertiary/aromatic N) is 2. The van der Waals surface area contributed by atoms with E-state index in [2.05, 4.69) is 10.3 Å². The van der Waals surface area contributed by atoms with Crippen molar-refractivity contribution in [1.29, 1.82) is 5.26 Å². The van der Waals surface area contributed by atoms with Gasteiger partial charge < -0.3 is 5.32 Å². The van der Waals surface area contributed by atoms with E-state index in [1.807, 2.05) is 6.07 Å². The first-order chi connectivity index (χ1) is 10.1. The summed E-state index contributed by atoms with van der Waals surface area (Å²) in [6.07, 6.45) is 1.36. The van der Waals surface area contributed by atoms with Gasteiger partial charge in [-0.3, -0.25) is 9.59 Å². The third kappa shape index (κ3) is 3.10. The first-order valence-corrected chi connectivity index (χ1v) is 7.14. The van der Waals surface area contributed by atoms with E-state index in [9.17, 15) is 9.59 Å². The van der Waals surface area contributed by atoms with Crippen molar-refractivity contribution in [2.75, 3.05) is 7.05 Å². The Kier molecular flexibility index (Phi) is 4.68. The largest absolute Gasteiger partial charge is 0.358 e. The van der Waals surface area contributed by atoms with Gasteiger partial charge in [-0.2, -0.15) is 5.26 Å². The second-order valence-corrected chi connectivity index (χ2v) is 5.49.